The molecule has 0 radical (unpaired) electrons. The van der Waals surface area contributed by atoms with Crippen molar-refractivity contribution >= 4 is 9.84 Å². The molecule has 2 aliphatic heterocycles. The van der Waals surface area contributed by atoms with Crippen molar-refractivity contribution in [3.05, 3.63) is 35.4 Å². The van der Waals surface area contributed by atoms with E-state index in [4.69, 9.17) is 5.73 Å². The average molecular weight is 294 g/mol. The van der Waals surface area contributed by atoms with Crippen LogP contribution in [0.4, 0.5) is 0 Å². The SMILES string of the molecule is NCCc1cccc(CCN2CC3CC2CS3(=O)=O)c1. The standard InChI is InChI=1S/C15H22N2O2S/c16-6-4-12-2-1-3-13(8-12)5-7-17-10-15-9-14(17)11-20(15,18)19/h1-3,8,14-15H,4-7,9-11,16H2. The normalized spacial score (nSPS) is 28.1. The molecule has 110 valence electrons. The lowest BCUT2D eigenvalue weighted by Gasteiger charge is -2.26. The van der Waals surface area contributed by atoms with Crippen molar-refractivity contribution in [3.63, 3.8) is 0 Å². The van der Waals surface area contributed by atoms with Crippen LogP contribution in [0.25, 0.3) is 0 Å². The van der Waals surface area contributed by atoms with E-state index in [0.29, 0.717) is 12.3 Å². The van der Waals surface area contributed by atoms with Crippen molar-refractivity contribution in [2.24, 2.45) is 5.73 Å². The number of likely N-dealkylation sites (tertiary alicyclic amines) is 1. The van der Waals surface area contributed by atoms with Gasteiger partial charge in [0.2, 0.25) is 0 Å². The van der Waals surface area contributed by atoms with Crippen molar-refractivity contribution in [2.45, 2.75) is 30.6 Å². The van der Waals surface area contributed by atoms with E-state index in [1.54, 1.807) is 0 Å². The zero-order chi connectivity index (χ0) is 14.2. The Morgan fingerprint density at radius 1 is 1.25 bits per heavy atom. The zero-order valence-corrected chi connectivity index (χ0v) is 12.5. The molecule has 1 aromatic rings. The first-order valence-corrected chi connectivity index (χ1v) is 9.03. The summed E-state index contributed by atoms with van der Waals surface area (Å²) in [5, 5.41) is -0.101. The molecule has 0 amide bonds. The molecule has 0 saturated carbocycles. The van der Waals surface area contributed by atoms with Gasteiger partial charge in [0, 0.05) is 19.1 Å². The maximum Gasteiger partial charge on any atom is 0.156 e. The number of hydrogen-bond acceptors (Lipinski definition) is 4. The van der Waals surface area contributed by atoms with Crippen LogP contribution in [0, 0.1) is 0 Å². The predicted octanol–water partition coefficient (Wildman–Crippen LogP) is 0.602. The fourth-order valence-electron chi connectivity index (χ4n) is 3.43. The van der Waals surface area contributed by atoms with E-state index in [1.165, 1.54) is 11.1 Å². The van der Waals surface area contributed by atoms with E-state index in [2.05, 4.69) is 29.2 Å². The molecule has 3 rings (SSSR count). The Morgan fingerprint density at radius 2 is 2.00 bits per heavy atom. The summed E-state index contributed by atoms with van der Waals surface area (Å²) in [7, 11) is -2.77. The van der Waals surface area contributed by atoms with Crippen molar-refractivity contribution in [1.29, 1.82) is 0 Å². The number of rotatable bonds is 5. The molecule has 2 unspecified atom stereocenters. The fraction of sp³-hybridized carbons (Fsp3) is 0.600. The van der Waals surface area contributed by atoms with E-state index in [0.717, 1.165) is 32.4 Å². The summed E-state index contributed by atoms with van der Waals surface area (Å²) in [4.78, 5) is 2.35. The third-order valence-corrected chi connectivity index (χ3v) is 6.74. The molecule has 2 atom stereocenters. The molecule has 2 saturated heterocycles. The second-order valence-corrected chi connectivity index (χ2v) is 8.27. The first kappa shape index (κ1) is 14.0. The van der Waals surface area contributed by atoms with Crippen molar-refractivity contribution in [3.8, 4) is 0 Å². The lowest BCUT2D eigenvalue weighted by molar-refractivity contribution is 0.269. The number of benzene rings is 1. The Balaban J connectivity index is 1.57. The minimum absolute atomic E-state index is 0.101. The monoisotopic (exact) mass is 294 g/mol. The predicted molar refractivity (Wildman–Crippen MR) is 80.5 cm³/mol. The molecule has 20 heavy (non-hydrogen) atoms. The third-order valence-electron chi connectivity index (χ3n) is 4.53. The molecule has 5 heteroatoms. The van der Waals surface area contributed by atoms with E-state index in [1.807, 2.05) is 0 Å². The minimum atomic E-state index is -2.77. The van der Waals surface area contributed by atoms with Crippen LogP contribution < -0.4 is 5.73 Å². The molecule has 0 aliphatic carbocycles. The minimum Gasteiger partial charge on any atom is -0.330 e. The smallest absolute Gasteiger partial charge is 0.156 e. The van der Waals surface area contributed by atoms with Gasteiger partial charge in [-0.2, -0.15) is 0 Å². The summed E-state index contributed by atoms with van der Waals surface area (Å²) in [5.74, 6) is 0.366. The Kier molecular flexibility index (Phi) is 3.84. The highest BCUT2D eigenvalue weighted by Gasteiger charge is 2.47. The van der Waals surface area contributed by atoms with Gasteiger partial charge in [-0.05, 0) is 36.9 Å². The number of nitrogens with zero attached hydrogens (tertiary/aromatic N) is 1. The van der Waals surface area contributed by atoms with Gasteiger partial charge in [-0.25, -0.2) is 8.42 Å². The van der Waals surface area contributed by atoms with Gasteiger partial charge in [0.1, 0.15) is 0 Å². The van der Waals surface area contributed by atoms with Gasteiger partial charge in [0.05, 0.1) is 11.0 Å². The van der Waals surface area contributed by atoms with E-state index in [-0.39, 0.29) is 11.3 Å². The summed E-state index contributed by atoms with van der Waals surface area (Å²) < 4.78 is 23.4. The number of fused-ring (bicyclic) bond motifs is 2. The highest BCUT2D eigenvalue weighted by Crippen LogP contribution is 2.32. The fourth-order valence-corrected chi connectivity index (χ4v) is 5.52. The van der Waals surface area contributed by atoms with Crippen molar-refractivity contribution in [1.82, 2.24) is 4.90 Å². The highest BCUT2D eigenvalue weighted by molar-refractivity contribution is 7.92. The van der Waals surface area contributed by atoms with Gasteiger partial charge in [-0.3, -0.25) is 4.90 Å². The molecule has 2 heterocycles. The molecule has 2 bridgehead atoms. The Labute approximate surface area is 120 Å². The number of nitrogens with two attached hydrogens (primary N) is 1. The molecule has 2 N–H and O–H groups in total. The second kappa shape index (κ2) is 5.47. The Hall–Kier alpha value is -0.910. The molecular weight excluding hydrogens is 272 g/mol. The van der Waals surface area contributed by atoms with E-state index in [9.17, 15) is 8.42 Å². The molecule has 0 aromatic heterocycles. The molecule has 2 fully saturated rings. The number of sulfone groups is 1. The lowest BCUT2D eigenvalue weighted by atomic mass is 10.1. The summed E-state index contributed by atoms with van der Waals surface area (Å²) in [6, 6.07) is 8.82. The Morgan fingerprint density at radius 3 is 2.60 bits per heavy atom. The summed E-state index contributed by atoms with van der Waals surface area (Å²) in [6.07, 6.45) is 2.75. The van der Waals surface area contributed by atoms with Crippen LogP contribution >= 0.6 is 0 Å². The molecule has 0 spiro atoms. The van der Waals surface area contributed by atoms with Gasteiger partial charge in [-0.1, -0.05) is 24.3 Å². The summed E-state index contributed by atoms with van der Waals surface area (Å²) in [6.45, 7) is 2.37. The maximum atomic E-state index is 11.7. The van der Waals surface area contributed by atoms with Crippen molar-refractivity contribution < 1.29 is 8.42 Å². The van der Waals surface area contributed by atoms with Crippen LogP contribution in [0.3, 0.4) is 0 Å². The summed E-state index contributed by atoms with van der Waals surface area (Å²) in [5.41, 5.74) is 8.19. The maximum absolute atomic E-state index is 11.7. The highest BCUT2D eigenvalue weighted by atomic mass is 32.2. The van der Waals surface area contributed by atoms with E-state index < -0.39 is 9.84 Å². The second-order valence-electron chi connectivity index (χ2n) is 5.94. The molecule has 4 nitrogen and oxygen atoms in total. The van der Waals surface area contributed by atoms with Crippen LogP contribution in [0.1, 0.15) is 17.5 Å². The first-order valence-electron chi connectivity index (χ1n) is 7.32. The molecule has 2 aliphatic rings. The quantitative estimate of drug-likeness (QED) is 0.864. The zero-order valence-electron chi connectivity index (χ0n) is 11.7. The average Bonchev–Trinajstić information content (AvgIpc) is 2.93. The van der Waals surface area contributed by atoms with Gasteiger partial charge in [0.15, 0.2) is 9.84 Å². The molecular formula is C15H22N2O2S. The lowest BCUT2D eigenvalue weighted by Crippen LogP contribution is -2.41. The van der Waals surface area contributed by atoms with Gasteiger partial charge >= 0.3 is 0 Å². The van der Waals surface area contributed by atoms with E-state index >= 15 is 0 Å². The third kappa shape index (κ3) is 2.75. The van der Waals surface area contributed by atoms with Crippen molar-refractivity contribution in [2.75, 3.05) is 25.4 Å². The topological polar surface area (TPSA) is 63.4 Å². The van der Waals surface area contributed by atoms with Crippen LogP contribution in [0.5, 0.6) is 0 Å². The van der Waals surface area contributed by atoms with Gasteiger partial charge in [0.25, 0.3) is 0 Å². The van der Waals surface area contributed by atoms with Crippen LogP contribution in [-0.4, -0.2) is 50.0 Å². The summed E-state index contributed by atoms with van der Waals surface area (Å²) >= 11 is 0. The van der Waals surface area contributed by atoms with Crippen LogP contribution in [-0.2, 0) is 22.7 Å². The van der Waals surface area contributed by atoms with Crippen LogP contribution in [0.2, 0.25) is 0 Å². The van der Waals surface area contributed by atoms with Crippen LogP contribution in [0.15, 0.2) is 24.3 Å². The van der Waals surface area contributed by atoms with Gasteiger partial charge < -0.3 is 5.73 Å². The first-order chi connectivity index (χ1) is 9.58. The number of hydrogen-bond donors (Lipinski definition) is 1. The molecule has 1 aromatic carbocycles. The largest absolute Gasteiger partial charge is 0.330 e. The Bertz CT molecular complexity index is 585. The van der Waals surface area contributed by atoms with Gasteiger partial charge in [-0.15, -0.1) is 0 Å².